The molecule has 1 aromatic carbocycles. The Balaban J connectivity index is 2.39. The molecule has 0 bridgehead atoms. The molecule has 17 heavy (non-hydrogen) atoms. The first-order valence-electron chi connectivity index (χ1n) is 4.81. The largest absolute Gasteiger partial charge is 0.294 e. The molecule has 7 heteroatoms. The summed E-state index contributed by atoms with van der Waals surface area (Å²) >= 11 is 0. The Kier molecular flexibility index (Phi) is 2.72. The first-order chi connectivity index (χ1) is 7.88. The van der Waals surface area contributed by atoms with Crippen molar-refractivity contribution < 1.29 is 17.8 Å². The van der Waals surface area contributed by atoms with Crippen molar-refractivity contribution in [2.75, 3.05) is 11.6 Å². The second-order valence-electron chi connectivity index (χ2n) is 3.64. The molecule has 0 aliphatic carbocycles. The average molecular weight is 254 g/mol. The number of anilines is 1. The van der Waals surface area contributed by atoms with Crippen LogP contribution in [0.25, 0.3) is 0 Å². The van der Waals surface area contributed by atoms with Gasteiger partial charge in [-0.15, -0.1) is 0 Å². The minimum atomic E-state index is -4.24. The molecule has 0 saturated carbocycles. The molecule has 0 radical (unpaired) electrons. The maximum atomic E-state index is 11.3. The highest BCUT2D eigenvalue weighted by molar-refractivity contribution is 7.85. The number of hydrogen-bond donors (Lipinski definition) is 1. The highest BCUT2D eigenvalue weighted by atomic mass is 32.2. The summed E-state index contributed by atoms with van der Waals surface area (Å²) < 4.78 is 30.8. The molecule has 6 nitrogen and oxygen atoms in total. The van der Waals surface area contributed by atoms with Crippen molar-refractivity contribution in [3.63, 3.8) is 0 Å². The molecule has 1 heterocycles. The van der Waals surface area contributed by atoms with Crippen LogP contribution in [0.4, 0.5) is 5.69 Å². The van der Waals surface area contributed by atoms with Crippen LogP contribution in [0.3, 0.4) is 0 Å². The van der Waals surface area contributed by atoms with E-state index in [2.05, 4.69) is 5.10 Å². The molecule has 0 saturated heterocycles. The van der Waals surface area contributed by atoms with Gasteiger partial charge in [-0.05, 0) is 25.1 Å². The summed E-state index contributed by atoms with van der Waals surface area (Å²) in [4.78, 5) is 11.1. The lowest BCUT2D eigenvalue weighted by Gasteiger charge is -2.12. The molecule has 0 unspecified atom stereocenters. The van der Waals surface area contributed by atoms with Crippen LogP contribution in [0, 0.1) is 0 Å². The van der Waals surface area contributed by atoms with Crippen LogP contribution in [0.2, 0.25) is 0 Å². The number of Topliss-reactive ketones (excluding diaryl/α,β-unsaturated/α-hetero) is 1. The minimum absolute atomic E-state index is 0.0841. The SMILES string of the molecule is CC1=NN(c2cccc(S(=O)(=O)O)c2)CC1=O. The summed E-state index contributed by atoms with van der Waals surface area (Å²) in [5.74, 6) is -0.109. The predicted octanol–water partition coefficient (Wildman–Crippen LogP) is 0.698. The van der Waals surface area contributed by atoms with Crippen molar-refractivity contribution in [2.45, 2.75) is 11.8 Å². The molecule has 1 N–H and O–H groups in total. The van der Waals surface area contributed by atoms with Gasteiger partial charge in [-0.2, -0.15) is 13.5 Å². The summed E-state index contributed by atoms with van der Waals surface area (Å²) in [6, 6.07) is 5.63. The molecule has 0 atom stereocenters. The summed E-state index contributed by atoms with van der Waals surface area (Å²) in [7, 11) is -4.24. The summed E-state index contributed by atoms with van der Waals surface area (Å²) in [6.07, 6.45) is 0. The van der Waals surface area contributed by atoms with Crippen molar-refractivity contribution >= 4 is 27.3 Å². The quantitative estimate of drug-likeness (QED) is 0.785. The zero-order valence-corrected chi connectivity index (χ0v) is 9.81. The zero-order valence-electron chi connectivity index (χ0n) is 8.99. The van der Waals surface area contributed by atoms with Gasteiger partial charge >= 0.3 is 0 Å². The molecule has 0 aromatic heterocycles. The predicted molar refractivity (Wildman–Crippen MR) is 61.7 cm³/mol. The monoisotopic (exact) mass is 254 g/mol. The maximum absolute atomic E-state index is 11.3. The first-order valence-corrected chi connectivity index (χ1v) is 6.25. The summed E-state index contributed by atoms with van der Waals surface area (Å²) in [5, 5.41) is 5.38. The van der Waals surface area contributed by atoms with Crippen molar-refractivity contribution in [3.05, 3.63) is 24.3 Å². The highest BCUT2D eigenvalue weighted by Crippen LogP contribution is 2.21. The summed E-state index contributed by atoms with van der Waals surface area (Å²) in [6.45, 7) is 1.68. The number of hydrogen-bond acceptors (Lipinski definition) is 5. The zero-order chi connectivity index (χ0) is 12.6. The summed E-state index contributed by atoms with van der Waals surface area (Å²) in [5.41, 5.74) is 0.826. The number of carbonyl (C=O) groups excluding carboxylic acids is 1. The topological polar surface area (TPSA) is 87.0 Å². The fourth-order valence-electron chi connectivity index (χ4n) is 1.48. The van der Waals surface area contributed by atoms with Crippen molar-refractivity contribution in [1.29, 1.82) is 0 Å². The molecular formula is C10H10N2O4S. The number of rotatable bonds is 2. The lowest BCUT2D eigenvalue weighted by molar-refractivity contribution is -0.111. The smallest absolute Gasteiger partial charge is 0.291 e. The van der Waals surface area contributed by atoms with Gasteiger partial charge in [0.2, 0.25) is 0 Å². The van der Waals surface area contributed by atoms with Crippen LogP contribution in [-0.2, 0) is 14.9 Å². The molecule has 2 rings (SSSR count). The van der Waals surface area contributed by atoms with Gasteiger partial charge < -0.3 is 0 Å². The Morgan fingerprint density at radius 2 is 2.12 bits per heavy atom. The molecule has 0 amide bonds. The molecular weight excluding hydrogens is 244 g/mol. The van der Waals surface area contributed by atoms with Gasteiger partial charge in [-0.1, -0.05) is 6.07 Å². The molecule has 1 aliphatic heterocycles. The lowest BCUT2D eigenvalue weighted by atomic mass is 10.3. The van der Waals surface area contributed by atoms with Crippen LogP contribution >= 0.6 is 0 Å². The molecule has 1 aliphatic rings. The van der Waals surface area contributed by atoms with E-state index in [4.69, 9.17) is 4.55 Å². The number of nitrogens with zero attached hydrogens (tertiary/aromatic N) is 2. The van der Waals surface area contributed by atoms with Gasteiger partial charge in [0.1, 0.15) is 12.3 Å². The van der Waals surface area contributed by atoms with Crippen molar-refractivity contribution in [3.8, 4) is 0 Å². The van der Waals surface area contributed by atoms with E-state index < -0.39 is 10.1 Å². The first kappa shape index (κ1) is 11.7. The fourth-order valence-corrected chi connectivity index (χ4v) is 2.00. The lowest BCUT2D eigenvalue weighted by Crippen LogP contribution is -2.18. The molecule has 0 spiro atoms. The third-order valence-electron chi connectivity index (χ3n) is 2.38. The van der Waals surface area contributed by atoms with E-state index in [-0.39, 0.29) is 17.2 Å². The third-order valence-corrected chi connectivity index (χ3v) is 3.23. The Morgan fingerprint density at radius 3 is 2.65 bits per heavy atom. The van der Waals surface area contributed by atoms with E-state index >= 15 is 0 Å². The van der Waals surface area contributed by atoms with Crippen LogP contribution in [0.1, 0.15) is 6.92 Å². The second kappa shape index (κ2) is 3.94. The van der Waals surface area contributed by atoms with Gasteiger partial charge in [-0.3, -0.25) is 14.4 Å². The highest BCUT2D eigenvalue weighted by Gasteiger charge is 2.22. The van der Waals surface area contributed by atoms with E-state index in [1.54, 1.807) is 13.0 Å². The van der Waals surface area contributed by atoms with Crippen molar-refractivity contribution in [1.82, 2.24) is 0 Å². The van der Waals surface area contributed by atoms with Gasteiger partial charge in [0, 0.05) is 0 Å². The maximum Gasteiger partial charge on any atom is 0.294 e. The van der Waals surface area contributed by atoms with Crippen LogP contribution in [-0.4, -0.2) is 31.0 Å². The van der Waals surface area contributed by atoms with Gasteiger partial charge in [-0.25, -0.2) is 0 Å². The average Bonchev–Trinajstić information content (AvgIpc) is 2.58. The fraction of sp³-hybridized carbons (Fsp3) is 0.200. The number of carbonyl (C=O) groups is 1. The van der Waals surface area contributed by atoms with Crippen molar-refractivity contribution in [2.24, 2.45) is 5.10 Å². The Bertz CT molecular complexity index is 606. The Labute approximate surface area is 98.3 Å². The van der Waals surface area contributed by atoms with Gasteiger partial charge in [0.15, 0.2) is 5.78 Å². The van der Waals surface area contributed by atoms with E-state index in [1.165, 1.54) is 23.2 Å². The molecule has 1 aromatic rings. The van der Waals surface area contributed by atoms with E-state index in [1.807, 2.05) is 0 Å². The van der Waals surface area contributed by atoms with Gasteiger partial charge in [0.05, 0.1) is 10.6 Å². The second-order valence-corrected chi connectivity index (χ2v) is 5.06. The molecule has 0 fully saturated rings. The Hall–Kier alpha value is -1.73. The molecule has 90 valence electrons. The number of benzene rings is 1. The minimum Gasteiger partial charge on any atom is -0.291 e. The standard InChI is InChI=1S/C10H10N2O4S/c1-7-10(13)6-12(11-7)8-3-2-4-9(5-8)17(14,15)16/h2-5H,6H2,1H3,(H,14,15,16). The van der Waals surface area contributed by atoms with Crippen LogP contribution in [0.15, 0.2) is 34.3 Å². The Morgan fingerprint density at radius 1 is 1.41 bits per heavy atom. The van der Waals surface area contributed by atoms with Crippen LogP contribution < -0.4 is 5.01 Å². The number of ketones is 1. The van der Waals surface area contributed by atoms with Gasteiger partial charge in [0.25, 0.3) is 10.1 Å². The van der Waals surface area contributed by atoms with Crippen LogP contribution in [0.5, 0.6) is 0 Å². The van der Waals surface area contributed by atoms with E-state index in [0.717, 1.165) is 0 Å². The number of hydrazone groups is 1. The third kappa shape index (κ3) is 2.34. The normalized spacial score (nSPS) is 16.2. The van der Waals surface area contributed by atoms with E-state index in [0.29, 0.717) is 11.4 Å². The van der Waals surface area contributed by atoms with E-state index in [9.17, 15) is 13.2 Å².